The number of aromatic nitrogens is 3. The SMILES string of the molecule is Cc1cc(C)nc(Nc2ccc([C@H]3CCCN(CC(=O)Nc4ccc(F)cc4)C3)nc2)n1. The highest BCUT2D eigenvalue weighted by Gasteiger charge is 2.23. The molecule has 7 nitrogen and oxygen atoms in total. The number of aryl methyl sites for hydroxylation is 2. The molecule has 0 unspecified atom stereocenters. The van der Waals surface area contributed by atoms with Gasteiger partial charge in [0.25, 0.3) is 0 Å². The van der Waals surface area contributed by atoms with Gasteiger partial charge in [0.2, 0.25) is 11.9 Å². The molecule has 1 saturated heterocycles. The molecule has 1 fully saturated rings. The molecule has 0 radical (unpaired) electrons. The highest BCUT2D eigenvalue weighted by atomic mass is 19.1. The molecule has 2 N–H and O–H groups in total. The number of halogens is 1. The maximum absolute atomic E-state index is 13.0. The predicted molar refractivity (Wildman–Crippen MR) is 122 cm³/mol. The van der Waals surface area contributed by atoms with E-state index in [4.69, 9.17) is 0 Å². The highest BCUT2D eigenvalue weighted by Crippen LogP contribution is 2.26. The Morgan fingerprint density at radius 3 is 2.50 bits per heavy atom. The van der Waals surface area contributed by atoms with Crippen LogP contribution < -0.4 is 10.6 Å². The first-order valence-electron chi connectivity index (χ1n) is 10.8. The summed E-state index contributed by atoms with van der Waals surface area (Å²) in [6, 6.07) is 11.7. The molecule has 3 aromatic rings. The second-order valence-electron chi connectivity index (χ2n) is 8.20. The Kier molecular flexibility index (Phi) is 6.70. The molecule has 166 valence electrons. The van der Waals surface area contributed by atoms with E-state index >= 15 is 0 Å². The predicted octanol–water partition coefficient (Wildman–Crippen LogP) is 4.19. The van der Waals surface area contributed by atoms with Crippen LogP contribution in [0.2, 0.25) is 0 Å². The minimum Gasteiger partial charge on any atom is -0.325 e. The largest absolute Gasteiger partial charge is 0.325 e. The average Bonchev–Trinajstić information content (AvgIpc) is 2.75. The van der Waals surface area contributed by atoms with Gasteiger partial charge in [-0.25, -0.2) is 14.4 Å². The summed E-state index contributed by atoms with van der Waals surface area (Å²) in [5, 5.41) is 6.03. The summed E-state index contributed by atoms with van der Waals surface area (Å²) in [6.07, 6.45) is 3.85. The lowest BCUT2D eigenvalue weighted by molar-refractivity contribution is -0.117. The quantitative estimate of drug-likeness (QED) is 0.605. The molecule has 1 aliphatic rings. The van der Waals surface area contributed by atoms with E-state index in [1.54, 1.807) is 18.3 Å². The summed E-state index contributed by atoms with van der Waals surface area (Å²) in [7, 11) is 0. The number of hydrogen-bond donors (Lipinski definition) is 2. The molecule has 0 bridgehead atoms. The molecule has 8 heteroatoms. The highest BCUT2D eigenvalue weighted by molar-refractivity contribution is 5.92. The van der Waals surface area contributed by atoms with Crippen LogP contribution in [-0.2, 0) is 4.79 Å². The number of nitrogens with one attached hydrogen (secondary N) is 2. The molecular formula is C24H27FN6O. The maximum atomic E-state index is 13.0. The fraction of sp³-hybridized carbons (Fsp3) is 0.333. The fourth-order valence-electron chi connectivity index (χ4n) is 4.01. The summed E-state index contributed by atoms with van der Waals surface area (Å²) < 4.78 is 13.0. The first-order chi connectivity index (χ1) is 15.4. The molecule has 0 saturated carbocycles. The minimum absolute atomic E-state index is 0.0989. The second kappa shape index (κ2) is 9.82. The molecule has 3 heterocycles. The Morgan fingerprint density at radius 2 is 1.81 bits per heavy atom. The number of rotatable bonds is 6. The zero-order valence-electron chi connectivity index (χ0n) is 18.3. The molecule has 1 aromatic carbocycles. The molecule has 1 atom stereocenters. The summed E-state index contributed by atoms with van der Waals surface area (Å²) >= 11 is 0. The van der Waals surface area contributed by atoms with Crippen LogP contribution in [0.4, 0.5) is 21.7 Å². The van der Waals surface area contributed by atoms with Crippen LogP contribution in [0.3, 0.4) is 0 Å². The third kappa shape index (κ3) is 5.85. The summed E-state index contributed by atoms with van der Waals surface area (Å²) in [6.45, 7) is 5.83. The third-order valence-corrected chi connectivity index (χ3v) is 5.44. The van der Waals surface area contributed by atoms with Crippen LogP contribution >= 0.6 is 0 Å². The monoisotopic (exact) mass is 434 g/mol. The van der Waals surface area contributed by atoms with Gasteiger partial charge in [0.05, 0.1) is 18.4 Å². The van der Waals surface area contributed by atoms with Gasteiger partial charge in [-0.1, -0.05) is 0 Å². The fourth-order valence-corrected chi connectivity index (χ4v) is 4.01. The summed E-state index contributed by atoms with van der Waals surface area (Å²) in [4.78, 5) is 28.0. The molecule has 32 heavy (non-hydrogen) atoms. The standard InChI is InChI=1S/C24H27FN6O/c1-16-12-17(2)28-24(27-16)30-21-9-10-22(26-13-21)18-4-3-11-31(14-18)15-23(32)29-20-7-5-19(25)6-8-20/h5-10,12-13,18H,3-4,11,14-15H2,1-2H3,(H,29,32)(H,27,28,30)/t18-/m0/s1. The van der Waals surface area contributed by atoms with Crippen LogP contribution in [0.5, 0.6) is 0 Å². The van der Waals surface area contributed by atoms with Crippen molar-refractivity contribution in [3.63, 3.8) is 0 Å². The lowest BCUT2D eigenvalue weighted by Gasteiger charge is -2.32. The van der Waals surface area contributed by atoms with Crippen LogP contribution in [0.1, 0.15) is 35.8 Å². The average molecular weight is 435 g/mol. The van der Waals surface area contributed by atoms with Gasteiger partial charge in [0.1, 0.15) is 5.82 Å². The zero-order chi connectivity index (χ0) is 22.5. The van der Waals surface area contributed by atoms with Gasteiger partial charge < -0.3 is 10.6 Å². The smallest absolute Gasteiger partial charge is 0.238 e. The molecule has 4 rings (SSSR count). The van der Waals surface area contributed by atoms with Crippen molar-refractivity contribution in [2.24, 2.45) is 0 Å². The van der Waals surface area contributed by atoms with Gasteiger partial charge in [-0.05, 0) is 75.7 Å². The van der Waals surface area contributed by atoms with Gasteiger partial charge in [-0.3, -0.25) is 14.7 Å². The molecule has 0 spiro atoms. The zero-order valence-corrected chi connectivity index (χ0v) is 18.3. The van der Waals surface area contributed by atoms with E-state index in [1.165, 1.54) is 12.1 Å². The van der Waals surface area contributed by atoms with Crippen molar-refractivity contribution >= 4 is 23.2 Å². The Hall–Kier alpha value is -3.39. The van der Waals surface area contributed by atoms with Gasteiger partial charge in [-0.2, -0.15) is 0 Å². The Bertz CT molecular complexity index is 1050. The van der Waals surface area contributed by atoms with Crippen molar-refractivity contribution < 1.29 is 9.18 Å². The van der Waals surface area contributed by atoms with Crippen LogP contribution in [0, 0.1) is 19.7 Å². The van der Waals surface area contributed by atoms with Crippen molar-refractivity contribution in [1.29, 1.82) is 0 Å². The lowest BCUT2D eigenvalue weighted by Crippen LogP contribution is -2.40. The number of nitrogens with zero attached hydrogens (tertiary/aromatic N) is 4. The van der Waals surface area contributed by atoms with Crippen molar-refractivity contribution in [2.75, 3.05) is 30.3 Å². The Labute approximate surface area is 187 Å². The number of pyridine rings is 1. The maximum Gasteiger partial charge on any atom is 0.238 e. The van der Waals surface area contributed by atoms with Gasteiger partial charge in [0.15, 0.2) is 0 Å². The lowest BCUT2D eigenvalue weighted by atomic mass is 9.94. The van der Waals surface area contributed by atoms with Crippen LogP contribution in [-0.4, -0.2) is 45.4 Å². The van der Waals surface area contributed by atoms with Crippen molar-refractivity contribution in [3.05, 3.63) is 71.6 Å². The van der Waals surface area contributed by atoms with E-state index in [2.05, 4.69) is 30.5 Å². The molecule has 0 aliphatic carbocycles. The van der Waals surface area contributed by atoms with E-state index in [0.29, 0.717) is 18.2 Å². The molecule has 1 aliphatic heterocycles. The normalized spacial score (nSPS) is 16.5. The summed E-state index contributed by atoms with van der Waals surface area (Å²) in [5.41, 5.74) is 4.28. The number of likely N-dealkylation sites (tertiary alicyclic amines) is 1. The first kappa shape index (κ1) is 21.8. The first-order valence-corrected chi connectivity index (χ1v) is 10.8. The van der Waals surface area contributed by atoms with E-state index in [1.807, 2.05) is 32.0 Å². The number of benzene rings is 1. The van der Waals surface area contributed by atoms with Crippen LogP contribution in [0.15, 0.2) is 48.7 Å². The third-order valence-electron chi connectivity index (χ3n) is 5.44. The van der Waals surface area contributed by atoms with Crippen molar-refractivity contribution in [3.8, 4) is 0 Å². The van der Waals surface area contributed by atoms with Crippen LogP contribution in [0.25, 0.3) is 0 Å². The number of hydrogen-bond acceptors (Lipinski definition) is 6. The van der Waals surface area contributed by atoms with Crippen molar-refractivity contribution in [1.82, 2.24) is 19.9 Å². The number of anilines is 3. The number of carbonyl (C=O) groups is 1. The van der Waals surface area contributed by atoms with Crippen molar-refractivity contribution in [2.45, 2.75) is 32.6 Å². The van der Waals surface area contributed by atoms with Gasteiger partial charge in [0, 0.05) is 35.2 Å². The van der Waals surface area contributed by atoms with E-state index < -0.39 is 0 Å². The Balaban J connectivity index is 1.33. The minimum atomic E-state index is -0.322. The van der Waals surface area contributed by atoms with E-state index in [9.17, 15) is 9.18 Å². The van der Waals surface area contributed by atoms with E-state index in [0.717, 1.165) is 48.7 Å². The Morgan fingerprint density at radius 1 is 1.09 bits per heavy atom. The molecule has 1 amide bonds. The van der Waals surface area contributed by atoms with Gasteiger partial charge >= 0.3 is 0 Å². The number of carbonyl (C=O) groups excluding carboxylic acids is 1. The number of piperidine rings is 1. The number of amides is 1. The molecule has 2 aromatic heterocycles. The topological polar surface area (TPSA) is 83.0 Å². The molecular weight excluding hydrogens is 407 g/mol. The van der Waals surface area contributed by atoms with E-state index in [-0.39, 0.29) is 17.6 Å². The van der Waals surface area contributed by atoms with Gasteiger partial charge in [-0.15, -0.1) is 0 Å². The second-order valence-corrected chi connectivity index (χ2v) is 8.20. The summed E-state index contributed by atoms with van der Waals surface area (Å²) in [5.74, 6) is 0.414.